The van der Waals surface area contributed by atoms with Gasteiger partial charge < -0.3 is 10.4 Å². The zero-order valence-electron chi connectivity index (χ0n) is 12.4. The first-order valence-corrected chi connectivity index (χ1v) is 7.03. The van der Waals surface area contributed by atoms with Crippen LogP contribution in [0.4, 0.5) is 0 Å². The first-order valence-electron chi connectivity index (χ1n) is 7.03. The molecule has 4 nitrogen and oxygen atoms in total. The summed E-state index contributed by atoms with van der Waals surface area (Å²) in [6.45, 7) is 5.17. The highest BCUT2D eigenvalue weighted by atomic mass is 16.3. The minimum absolute atomic E-state index is 0.509. The van der Waals surface area contributed by atoms with Crippen LogP contribution in [0.15, 0.2) is 36.5 Å². The molecule has 1 aromatic heterocycles. The number of nitrogens with one attached hydrogen (secondary N) is 1. The number of aromatic nitrogens is 2. The van der Waals surface area contributed by atoms with E-state index in [1.54, 1.807) is 0 Å². The molecular weight excluding hydrogens is 250 g/mol. The summed E-state index contributed by atoms with van der Waals surface area (Å²) in [4.78, 5) is 0. The molecular formula is C16H23N3O. The molecule has 0 radical (unpaired) electrons. The summed E-state index contributed by atoms with van der Waals surface area (Å²) < 4.78 is 1.84. The smallest absolute Gasteiger partial charge is 0.0992 e. The van der Waals surface area contributed by atoms with Gasteiger partial charge >= 0.3 is 0 Å². The molecule has 2 aromatic rings. The lowest BCUT2D eigenvalue weighted by Crippen LogP contribution is -2.35. The summed E-state index contributed by atoms with van der Waals surface area (Å²) in [5.74, 6) is 0. The van der Waals surface area contributed by atoms with E-state index in [2.05, 4.69) is 17.3 Å². The van der Waals surface area contributed by atoms with Gasteiger partial charge in [0.2, 0.25) is 0 Å². The third-order valence-corrected chi connectivity index (χ3v) is 3.51. The van der Waals surface area contributed by atoms with Gasteiger partial charge in [-0.2, -0.15) is 5.10 Å². The van der Waals surface area contributed by atoms with Gasteiger partial charge in [-0.15, -0.1) is 0 Å². The molecule has 0 saturated carbocycles. The first kappa shape index (κ1) is 14.8. The predicted molar refractivity (Wildman–Crippen MR) is 80.3 cm³/mol. The molecule has 4 heteroatoms. The number of nitrogens with zero attached hydrogens (tertiary/aromatic N) is 2. The van der Waals surface area contributed by atoms with Gasteiger partial charge in [0.05, 0.1) is 11.3 Å². The van der Waals surface area contributed by atoms with Crippen molar-refractivity contribution in [1.82, 2.24) is 15.1 Å². The van der Waals surface area contributed by atoms with E-state index >= 15 is 0 Å². The van der Waals surface area contributed by atoms with Crippen molar-refractivity contribution in [1.29, 1.82) is 0 Å². The number of aryl methyl sites for hydroxylation is 2. The number of rotatable bonds is 6. The summed E-state index contributed by atoms with van der Waals surface area (Å²) in [6.07, 6.45) is 2.95. The van der Waals surface area contributed by atoms with Crippen LogP contribution >= 0.6 is 0 Å². The Morgan fingerprint density at radius 2 is 2.00 bits per heavy atom. The van der Waals surface area contributed by atoms with E-state index in [0.717, 1.165) is 24.2 Å². The van der Waals surface area contributed by atoms with Gasteiger partial charge in [0, 0.05) is 31.9 Å². The van der Waals surface area contributed by atoms with Crippen LogP contribution in [-0.4, -0.2) is 21.4 Å². The maximum atomic E-state index is 10.5. The Morgan fingerprint density at radius 1 is 1.30 bits per heavy atom. The maximum absolute atomic E-state index is 10.5. The normalized spacial score (nSPS) is 14.2. The molecule has 0 aliphatic rings. The molecule has 1 aromatic carbocycles. The highest BCUT2D eigenvalue weighted by molar-refractivity contribution is 5.22. The summed E-state index contributed by atoms with van der Waals surface area (Å²) in [5, 5.41) is 18.3. The second-order valence-corrected chi connectivity index (χ2v) is 5.37. The monoisotopic (exact) mass is 273 g/mol. The Bertz CT molecular complexity index is 546. The Morgan fingerprint density at radius 3 is 2.65 bits per heavy atom. The quantitative estimate of drug-likeness (QED) is 0.846. The number of hydrogen-bond acceptors (Lipinski definition) is 3. The maximum Gasteiger partial charge on any atom is 0.0992 e. The van der Waals surface area contributed by atoms with Crippen LogP contribution in [0.3, 0.4) is 0 Å². The van der Waals surface area contributed by atoms with Gasteiger partial charge in [0.15, 0.2) is 0 Å². The van der Waals surface area contributed by atoms with Crippen molar-refractivity contribution in [2.24, 2.45) is 7.05 Å². The first-order chi connectivity index (χ1) is 9.53. The molecule has 0 spiro atoms. The SMILES string of the molecule is CCc1nn(C)cc1CNCC(C)(O)c1ccccc1. The van der Waals surface area contributed by atoms with Crippen molar-refractivity contribution >= 4 is 0 Å². The summed E-state index contributed by atoms with van der Waals surface area (Å²) >= 11 is 0. The largest absolute Gasteiger partial charge is 0.384 e. The Kier molecular flexibility index (Phi) is 4.57. The van der Waals surface area contributed by atoms with E-state index in [-0.39, 0.29) is 0 Å². The van der Waals surface area contributed by atoms with Crippen LogP contribution < -0.4 is 5.32 Å². The fourth-order valence-electron chi connectivity index (χ4n) is 2.37. The van der Waals surface area contributed by atoms with Crippen molar-refractivity contribution in [2.45, 2.75) is 32.4 Å². The van der Waals surface area contributed by atoms with Crippen molar-refractivity contribution in [3.05, 3.63) is 53.3 Å². The van der Waals surface area contributed by atoms with Crippen molar-refractivity contribution < 1.29 is 5.11 Å². The number of aliphatic hydroxyl groups is 1. The zero-order valence-corrected chi connectivity index (χ0v) is 12.4. The Balaban J connectivity index is 1.95. The molecule has 2 N–H and O–H groups in total. The van der Waals surface area contributed by atoms with E-state index in [4.69, 9.17) is 0 Å². The van der Waals surface area contributed by atoms with Crippen LogP contribution in [0, 0.1) is 0 Å². The van der Waals surface area contributed by atoms with Gasteiger partial charge in [0.25, 0.3) is 0 Å². The average molecular weight is 273 g/mol. The Hall–Kier alpha value is -1.65. The lowest BCUT2D eigenvalue weighted by molar-refractivity contribution is 0.0566. The van der Waals surface area contributed by atoms with Crippen LogP contribution in [0.25, 0.3) is 0 Å². The van der Waals surface area contributed by atoms with Gasteiger partial charge in [0.1, 0.15) is 0 Å². The zero-order chi connectivity index (χ0) is 14.6. The predicted octanol–water partition coefficient (Wildman–Crippen LogP) is 1.98. The van der Waals surface area contributed by atoms with E-state index in [0.29, 0.717) is 6.54 Å². The molecule has 1 unspecified atom stereocenters. The van der Waals surface area contributed by atoms with E-state index < -0.39 is 5.60 Å². The highest BCUT2D eigenvalue weighted by Gasteiger charge is 2.22. The van der Waals surface area contributed by atoms with E-state index in [9.17, 15) is 5.11 Å². The van der Waals surface area contributed by atoms with Crippen molar-refractivity contribution in [3.63, 3.8) is 0 Å². The minimum Gasteiger partial charge on any atom is -0.384 e. The van der Waals surface area contributed by atoms with Crippen molar-refractivity contribution in [3.8, 4) is 0 Å². The van der Waals surface area contributed by atoms with Crippen LogP contribution in [-0.2, 0) is 25.6 Å². The van der Waals surface area contributed by atoms with Gasteiger partial charge in [-0.1, -0.05) is 37.3 Å². The summed E-state index contributed by atoms with van der Waals surface area (Å²) in [6, 6.07) is 9.74. The molecule has 2 rings (SSSR count). The van der Waals surface area contributed by atoms with E-state index in [1.807, 2.05) is 55.2 Å². The molecule has 1 heterocycles. The molecule has 0 saturated heterocycles. The molecule has 0 aliphatic carbocycles. The van der Waals surface area contributed by atoms with Crippen molar-refractivity contribution in [2.75, 3.05) is 6.54 Å². The molecule has 0 amide bonds. The lowest BCUT2D eigenvalue weighted by atomic mass is 9.96. The van der Waals surface area contributed by atoms with Crippen LogP contribution in [0.2, 0.25) is 0 Å². The summed E-state index contributed by atoms with van der Waals surface area (Å²) in [5.41, 5.74) is 2.36. The second-order valence-electron chi connectivity index (χ2n) is 5.37. The molecule has 0 bridgehead atoms. The highest BCUT2D eigenvalue weighted by Crippen LogP contribution is 2.19. The summed E-state index contributed by atoms with van der Waals surface area (Å²) in [7, 11) is 1.93. The second kappa shape index (κ2) is 6.20. The third-order valence-electron chi connectivity index (χ3n) is 3.51. The van der Waals surface area contributed by atoms with Gasteiger partial charge in [-0.3, -0.25) is 4.68 Å². The Labute approximate surface area is 120 Å². The molecule has 20 heavy (non-hydrogen) atoms. The number of hydrogen-bond donors (Lipinski definition) is 2. The van der Waals surface area contributed by atoms with Crippen LogP contribution in [0.1, 0.15) is 30.7 Å². The fraction of sp³-hybridized carbons (Fsp3) is 0.438. The average Bonchev–Trinajstić information content (AvgIpc) is 2.80. The standard InChI is InChI=1S/C16H23N3O/c1-4-15-13(11-19(3)18-15)10-17-12-16(2,20)14-8-6-5-7-9-14/h5-9,11,17,20H,4,10,12H2,1-3H3. The topological polar surface area (TPSA) is 50.1 Å². The lowest BCUT2D eigenvalue weighted by Gasteiger charge is -2.24. The molecule has 108 valence electrons. The minimum atomic E-state index is -0.865. The molecule has 0 fully saturated rings. The molecule has 0 aliphatic heterocycles. The fourth-order valence-corrected chi connectivity index (χ4v) is 2.37. The van der Waals surface area contributed by atoms with Gasteiger partial charge in [-0.05, 0) is 18.9 Å². The van der Waals surface area contributed by atoms with Gasteiger partial charge in [-0.25, -0.2) is 0 Å². The molecule has 1 atom stereocenters. The number of benzene rings is 1. The van der Waals surface area contributed by atoms with E-state index in [1.165, 1.54) is 5.56 Å². The van der Waals surface area contributed by atoms with Crippen LogP contribution in [0.5, 0.6) is 0 Å². The third kappa shape index (κ3) is 3.46.